The van der Waals surface area contributed by atoms with Crippen LogP contribution in [0.25, 0.3) is 0 Å². The average molecular weight is 349 g/mol. The third-order valence-corrected chi connectivity index (χ3v) is 8.63. The van der Waals surface area contributed by atoms with Crippen LogP contribution in [0.5, 0.6) is 0 Å². The molecule has 3 rings (SSSR count). The number of rotatable bonds is 8. The van der Waals surface area contributed by atoms with Gasteiger partial charge >= 0.3 is 0 Å². The Balaban J connectivity index is 2.13. The van der Waals surface area contributed by atoms with E-state index in [0.29, 0.717) is 0 Å². The fourth-order valence-corrected chi connectivity index (χ4v) is 6.95. The first-order valence-corrected chi connectivity index (χ1v) is 11.0. The Labute approximate surface area is 152 Å². The Morgan fingerprint density at radius 3 is 1.40 bits per heavy atom. The van der Waals surface area contributed by atoms with E-state index >= 15 is 0 Å². The molecule has 0 aliphatic carbocycles. The van der Waals surface area contributed by atoms with Gasteiger partial charge < -0.3 is 4.74 Å². The standard InChI is InChI=1S/C23H26OP/c1-2-3-19-24-20-25(21-13-7-4-8-14-21,22-15-9-5-10-16-22)23-17-11-6-12-18-23/h4-18H,2-3,19-20H2,1H3. The van der Waals surface area contributed by atoms with Crippen molar-refractivity contribution in [3.63, 3.8) is 0 Å². The summed E-state index contributed by atoms with van der Waals surface area (Å²) < 4.78 is 6.25. The van der Waals surface area contributed by atoms with Crippen molar-refractivity contribution in [1.29, 1.82) is 0 Å². The van der Waals surface area contributed by atoms with Crippen molar-refractivity contribution in [2.75, 3.05) is 13.0 Å². The van der Waals surface area contributed by atoms with E-state index in [-0.39, 0.29) is 0 Å². The summed E-state index contributed by atoms with van der Waals surface area (Å²) >= 11 is 0. The minimum Gasteiger partial charge on any atom is -0.376 e. The van der Waals surface area contributed by atoms with Crippen LogP contribution in [0.4, 0.5) is 0 Å². The zero-order valence-corrected chi connectivity index (χ0v) is 15.7. The molecule has 0 N–H and O–H groups in total. The van der Waals surface area contributed by atoms with Crippen LogP contribution < -0.4 is 15.9 Å². The summed E-state index contributed by atoms with van der Waals surface area (Å²) in [6.07, 6.45) is 3.02. The van der Waals surface area contributed by atoms with Gasteiger partial charge in [0.15, 0.2) is 0 Å². The molecular formula is C23H26OP. The van der Waals surface area contributed by atoms with Crippen LogP contribution in [0.3, 0.4) is 0 Å². The molecule has 0 fully saturated rings. The smallest absolute Gasteiger partial charge is 0.0740 e. The van der Waals surface area contributed by atoms with Crippen LogP contribution in [0, 0.1) is 0 Å². The predicted molar refractivity (Wildman–Crippen MR) is 111 cm³/mol. The van der Waals surface area contributed by atoms with E-state index in [0.717, 1.165) is 25.8 Å². The van der Waals surface area contributed by atoms with Gasteiger partial charge in [-0.2, -0.15) is 0 Å². The molecule has 129 valence electrons. The molecule has 0 heterocycles. The van der Waals surface area contributed by atoms with Crippen molar-refractivity contribution < 1.29 is 4.74 Å². The third kappa shape index (κ3) is 4.00. The zero-order valence-electron chi connectivity index (χ0n) is 14.8. The Hall–Kier alpha value is -1.95. The van der Waals surface area contributed by atoms with Crippen molar-refractivity contribution in [2.24, 2.45) is 0 Å². The molecule has 0 saturated heterocycles. The molecule has 25 heavy (non-hydrogen) atoms. The second kappa shape index (κ2) is 8.94. The van der Waals surface area contributed by atoms with Crippen LogP contribution >= 0.6 is 7.26 Å². The summed E-state index contributed by atoms with van der Waals surface area (Å²) in [6.45, 7) is 3.03. The molecule has 1 radical (unpaired) electrons. The van der Waals surface area contributed by atoms with Gasteiger partial charge in [0.1, 0.15) is 0 Å². The summed E-state index contributed by atoms with van der Waals surface area (Å²) in [5.41, 5.74) is 0. The van der Waals surface area contributed by atoms with Crippen LogP contribution in [-0.4, -0.2) is 13.0 Å². The summed E-state index contributed by atoms with van der Waals surface area (Å²) in [6, 6.07) is 32.7. The van der Waals surface area contributed by atoms with Gasteiger partial charge in [-0.3, -0.25) is 0 Å². The molecule has 3 aromatic carbocycles. The highest BCUT2D eigenvalue weighted by Crippen LogP contribution is 2.55. The molecule has 0 spiro atoms. The fraction of sp³-hybridized carbons (Fsp3) is 0.217. The van der Waals surface area contributed by atoms with E-state index in [1.165, 1.54) is 15.9 Å². The number of hydrogen-bond donors (Lipinski definition) is 0. The van der Waals surface area contributed by atoms with Gasteiger partial charge in [-0.1, -0.05) is 104 Å². The van der Waals surface area contributed by atoms with E-state index in [2.05, 4.69) is 97.9 Å². The van der Waals surface area contributed by atoms with Gasteiger partial charge in [-0.25, -0.2) is 0 Å². The summed E-state index contributed by atoms with van der Waals surface area (Å²) in [7, 11) is -1.82. The SMILES string of the molecule is CCCCOC[P](c1ccccc1)(c1ccccc1)c1ccccc1. The maximum atomic E-state index is 6.25. The molecule has 0 aliphatic rings. The largest absolute Gasteiger partial charge is 0.376 e. The zero-order chi connectivity index (χ0) is 17.4. The topological polar surface area (TPSA) is 9.23 Å². The first-order valence-electron chi connectivity index (χ1n) is 9.00. The molecule has 0 aliphatic heterocycles. The minimum atomic E-state index is -1.82. The van der Waals surface area contributed by atoms with Crippen LogP contribution in [0.2, 0.25) is 0 Å². The van der Waals surface area contributed by atoms with Crippen molar-refractivity contribution in [3.8, 4) is 0 Å². The van der Waals surface area contributed by atoms with Crippen molar-refractivity contribution in [1.82, 2.24) is 0 Å². The van der Waals surface area contributed by atoms with E-state index in [4.69, 9.17) is 4.74 Å². The summed E-state index contributed by atoms with van der Waals surface area (Å²) in [5.74, 6) is 0. The van der Waals surface area contributed by atoms with E-state index < -0.39 is 7.26 Å². The lowest BCUT2D eigenvalue weighted by Crippen LogP contribution is -2.34. The van der Waals surface area contributed by atoms with E-state index in [9.17, 15) is 0 Å². The quantitative estimate of drug-likeness (QED) is 0.421. The van der Waals surface area contributed by atoms with Gasteiger partial charge in [0.05, 0.1) is 6.35 Å². The molecule has 0 bridgehead atoms. The van der Waals surface area contributed by atoms with E-state index in [1.807, 2.05) is 0 Å². The molecule has 2 heteroatoms. The number of unbranched alkanes of at least 4 members (excludes halogenated alkanes) is 1. The summed E-state index contributed by atoms with van der Waals surface area (Å²) in [4.78, 5) is 0. The Morgan fingerprint density at radius 2 is 1.04 bits per heavy atom. The lowest BCUT2D eigenvalue weighted by atomic mass is 10.4. The van der Waals surface area contributed by atoms with Crippen molar-refractivity contribution >= 4 is 23.2 Å². The van der Waals surface area contributed by atoms with Gasteiger partial charge in [-0.05, 0) is 29.6 Å². The first-order chi connectivity index (χ1) is 12.4. The van der Waals surface area contributed by atoms with Crippen LogP contribution in [0.1, 0.15) is 19.8 Å². The number of ether oxygens (including phenoxy) is 1. The molecule has 0 aromatic heterocycles. The lowest BCUT2D eigenvalue weighted by molar-refractivity contribution is 0.176. The van der Waals surface area contributed by atoms with Gasteiger partial charge in [0.2, 0.25) is 0 Å². The minimum absolute atomic E-state index is 0.755. The number of benzene rings is 3. The van der Waals surface area contributed by atoms with Crippen LogP contribution in [-0.2, 0) is 4.74 Å². The second-order valence-corrected chi connectivity index (χ2v) is 9.63. The molecule has 0 unspecified atom stereocenters. The highest BCUT2D eigenvalue weighted by molar-refractivity contribution is 7.95. The van der Waals surface area contributed by atoms with Crippen molar-refractivity contribution in [2.45, 2.75) is 19.8 Å². The monoisotopic (exact) mass is 349 g/mol. The first kappa shape index (κ1) is 17.9. The summed E-state index contributed by atoms with van der Waals surface area (Å²) in [5, 5.41) is 4.14. The average Bonchev–Trinajstić information content (AvgIpc) is 2.70. The highest BCUT2D eigenvalue weighted by Gasteiger charge is 2.34. The van der Waals surface area contributed by atoms with Crippen LogP contribution in [0.15, 0.2) is 91.0 Å². The number of hydrogen-bond acceptors (Lipinski definition) is 1. The van der Waals surface area contributed by atoms with Gasteiger partial charge in [0.25, 0.3) is 0 Å². The maximum Gasteiger partial charge on any atom is 0.0740 e. The van der Waals surface area contributed by atoms with Gasteiger partial charge in [0, 0.05) is 6.61 Å². The van der Waals surface area contributed by atoms with Gasteiger partial charge in [-0.15, -0.1) is 0 Å². The Bertz CT molecular complexity index is 644. The van der Waals surface area contributed by atoms with Crippen molar-refractivity contribution in [3.05, 3.63) is 91.0 Å². The van der Waals surface area contributed by atoms with E-state index in [1.54, 1.807) is 0 Å². The molecule has 3 aromatic rings. The second-order valence-electron chi connectivity index (χ2n) is 6.21. The third-order valence-electron chi connectivity index (χ3n) is 4.52. The molecule has 0 atom stereocenters. The Morgan fingerprint density at radius 1 is 0.640 bits per heavy atom. The fourth-order valence-electron chi connectivity index (χ4n) is 3.17. The molecule has 0 saturated carbocycles. The lowest BCUT2D eigenvalue weighted by Gasteiger charge is -2.38. The Kier molecular flexibility index (Phi) is 6.39. The molecule has 0 amide bonds. The molecular weight excluding hydrogens is 323 g/mol. The highest BCUT2D eigenvalue weighted by atomic mass is 31.2. The predicted octanol–water partition coefficient (Wildman–Crippen LogP) is 4.75. The normalized spacial score (nSPS) is 11.4. The maximum absolute atomic E-state index is 6.25. The molecule has 1 nitrogen and oxygen atoms in total.